The molecule has 16 heavy (non-hydrogen) atoms. The number of hydrogen-bond donors (Lipinski definition) is 3. The molecular formula is C13H16N2O. The van der Waals surface area contributed by atoms with Gasteiger partial charge in [0.15, 0.2) is 0 Å². The van der Waals surface area contributed by atoms with Crippen LogP contribution in [0.2, 0.25) is 0 Å². The molecule has 3 heteroatoms. The molecule has 0 amide bonds. The normalized spacial score (nSPS) is 9.06. The van der Waals surface area contributed by atoms with E-state index in [2.05, 4.69) is 0 Å². The average Bonchev–Trinajstić information content (AvgIpc) is 2.32. The van der Waals surface area contributed by atoms with Crippen molar-refractivity contribution in [3.05, 3.63) is 60.2 Å². The molecule has 2 aromatic rings. The van der Waals surface area contributed by atoms with E-state index in [1.165, 1.54) is 0 Å². The van der Waals surface area contributed by atoms with E-state index in [1.807, 2.05) is 30.3 Å². The predicted octanol–water partition coefficient (Wildman–Crippen LogP) is 2.03. The van der Waals surface area contributed by atoms with Crippen molar-refractivity contribution in [2.75, 3.05) is 11.5 Å². The van der Waals surface area contributed by atoms with Gasteiger partial charge in [0.25, 0.3) is 0 Å². The smallest absolute Gasteiger partial charge is 0.0681 e. The van der Waals surface area contributed by atoms with E-state index in [4.69, 9.17) is 16.6 Å². The second-order valence-electron chi connectivity index (χ2n) is 3.31. The Kier molecular flexibility index (Phi) is 4.89. The Morgan fingerprint density at radius 3 is 1.62 bits per heavy atom. The third kappa shape index (κ3) is 4.48. The summed E-state index contributed by atoms with van der Waals surface area (Å²) in [4.78, 5) is 0. The first-order valence-corrected chi connectivity index (χ1v) is 4.98. The number of benzene rings is 2. The first-order chi connectivity index (χ1) is 7.72. The fraction of sp³-hybridized carbons (Fsp3) is 0.0769. The molecule has 0 bridgehead atoms. The molecule has 0 aliphatic rings. The van der Waals surface area contributed by atoms with Crippen LogP contribution in [0.1, 0.15) is 5.56 Å². The van der Waals surface area contributed by atoms with Crippen LogP contribution in [0, 0.1) is 0 Å². The summed E-state index contributed by atoms with van der Waals surface area (Å²) in [6, 6.07) is 16.6. The topological polar surface area (TPSA) is 72.3 Å². The lowest BCUT2D eigenvalue weighted by Gasteiger charge is -1.94. The molecule has 2 rings (SSSR count). The molecule has 84 valence electrons. The number of aliphatic hydroxyl groups is 1. The minimum absolute atomic E-state index is 0.0836. The number of aliphatic hydroxyl groups excluding tert-OH is 1. The number of hydrogen-bond acceptors (Lipinski definition) is 3. The van der Waals surface area contributed by atoms with Crippen molar-refractivity contribution in [1.82, 2.24) is 0 Å². The molecule has 0 aromatic heterocycles. The summed E-state index contributed by atoms with van der Waals surface area (Å²) < 4.78 is 0. The van der Waals surface area contributed by atoms with Crippen molar-refractivity contribution in [2.45, 2.75) is 6.61 Å². The highest BCUT2D eigenvalue weighted by atomic mass is 16.3. The molecule has 0 aliphatic carbocycles. The van der Waals surface area contributed by atoms with Gasteiger partial charge in [0, 0.05) is 11.4 Å². The van der Waals surface area contributed by atoms with Crippen molar-refractivity contribution in [3.63, 3.8) is 0 Å². The number of rotatable bonds is 1. The van der Waals surface area contributed by atoms with Crippen molar-refractivity contribution in [3.8, 4) is 0 Å². The fourth-order valence-corrected chi connectivity index (χ4v) is 1.08. The lowest BCUT2D eigenvalue weighted by Crippen LogP contribution is -1.85. The molecule has 0 saturated carbocycles. The number of anilines is 2. The highest BCUT2D eigenvalue weighted by Gasteiger charge is 1.86. The van der Waals surface area contributed by atoms with E-state index < -0.39 is 0 Å². The van der Waals surface area contributed by atoms with Gasteiger partial charge in [0.2, 0.25) is 0 Å². The zero-order valence-electron chi connectivity index (χ0n) is 9.01. The number of nitrogens with two attached hydrogens (primary N) is 2. The Labute approximate surface area is 95.3 Å². The van der Waals surface area contributed by atoms with Gasteiger partial charge in [-0.25, -0.2) is 0 Å². The molecule has 3 nitrogen and oxygen atoms in total. The summed E-state index contributed by atoms with van der Waals surface area (Å²) >= 11 is 0. The highest BCUT2D eigenvalue weighted by Crippen LogP contribution is 2.04. The quantitative estimate of drug-likeness (QED) is 0.639. The van der Waals surface area contributed by atoms with Crippen molar-refractivity contribution in [2.24, 2.45) is 0 Å². The molecule has 0 unspecified atom stereocenters. The molecule has 2 aromatic carbocycles. The van der Waals surface area contributed by atoms with Crippen LogP contribution in [0.5, 0.6) is 0 Å². The second kappa shape index (κ2) is 6.48. The lowest BCUT2D eigenvalue weighted by atomic mass is 10.2. The summed E-state index contributed by atoms with van der Waals surface area (Å²) in [6.45, 7) is 0.0836. The van der Waals surface area contributed by atoms with Gasteiger partial charge in [0.1, 0.15) is 0 Å². The second-order valence-corrected chi connectivity index (χ2v) is 3.31. The Morgan fingerprint density at radius 1 is 0.750 bits per heavy atom. The summed E-state index contributed by atoms with van der Waals surface area (Å²) in [6.07, 6.45) is 0. The third-order valence-electron chi connectivity index (χ3n) is 1.96. The van der Waals surface area contributed by atoms with Gasteiger partial charge >= 0.3 is 0 Å². The molecule has 0 aliphatic heterocycles. The van der Waals surface area contributed by atoms with Gasteiger partial charge in [-0.3, -0.25) is 0 Å². The number of para-hydroxylation sites is 1. The van der Waals surface area contributed by atoms with E-state index in [1.54, 1.807) is 24.3 Å². The standard InChI is InChI=1S/C7H9NO.C6H7N/c8-7-3-1-6(5-9)2-4-7;7-6-4-2-1-3-5-6/h1-4,9H,5,8H2;1-5H,7H2. The average molecular weight is 216 g/mol. The van der Waals surface area contributed by atoms with Crippen LogP contribution in [-0.2, 0) is 6.61 Å². The van der Waals surface area contributed by atoms with Crippen LogP contribution in [0.4, 0.5) is 11.4 Å². The molecular weight excluding hydrogens is 200 g/mol. The van der Waals surface area contributed by atoms with E-state index in [9.17, 15) is 0 Å². The first-order valence-electron chi connectivity index (χ1n) is 4.98. The zero-order chi connectivity index (χ0) is 11.8. The SMILES string of the molecule is Nc1ccc(CO)cc1.Nc1ccccc1. The number of nitrogen functional groups attached to an aromatic ring is 2. The lowest BCUT2D eigenvalue weighted by molar-refractivity contribution is 0.282. The van der Waals surface area contributed by atoms with Gasteiger partial charge in [-0.15, -0.1) is 0 Å². The van der Waals surface area contributed by atoms with Gasteiger partial charge in [-0.05, 0) is 29.8 Å². The Morgan fingerprint density at radius 2 is 1.25 bits per heavy atom. The van der Waals surface area contributed by atoms with Gasteiger partial charge < -0.3 is 16.6 Å². The molecule has 5 N–H and O–H groups in total. The molecule has 0 radical (unpaired) electrons. The monoisotopic (exact) mass is 216 g/mol. The maximum atomic E-state index is 8.59. The molecule has 0 heterocycles. The van der Waals surface area contributed by atoms with Crippen LogP contribution in [-0.4, -0.2) is 5.11 Å². The summed E-state index contributed by atoms with van der Waals surface area (Å²) in [5.41, 5.74) is 13.2. The van der Waals surface area contributed by atoms with Crippen molar-refractivity contribution >= 4 is 11.4 Å². The van der Waals surface area contributed by atoms with Gasteiger partial charge in [-0.2, -0.15) is 0 Å². The summed E-state index contributed by atoms with van der Waals surface area (Å²) in [7, 11) is 0. The van der Waals surface area contributed by atoms with E-state index >= 15 is 0 Å². The minimum Gasteiger partial charge on any atom is -0.399 e. The first kappa shape index (κ1) is 12.1. The third-order valence-corrected chi connectivity index (χ3v) is 1.96. The van der Waals surface area contributed by atoms with E-state index in [0.29, 0.717) is 0 Å². The molecule has 0 atom stereocenters. The van der Waals surface area contributed by atoms with Gasteiger partial charge in [0.05, 0.1) is 6.61 Å². The van der Waals surface area contributed by atoms with Crippen LogP contribution in [0.15, 0.2) is 54.6 Å². The summed E-state index contributed by atoms with van der Waals surface area (Å²) in [5, 5.41) is 8.59. The van der Waals surface area contributed by atoms with Crippen LogP contribution in [0.25, 0.3) is 0 Å². The molecule has 0 fully saturated rings. The van der Waals surface area contributed by atoms with Crippen LogP contribution < -0.4 is 11.5 Å². The fourth-order valence-electron chi connectivity index (χ4n) is 1.08. The highest BCUT2D eigenvalue weighted by molar-refractivity contribution is 5.39. The largest absolute Gasteiger partial charge is 0.399 e. The van der Waals surface area contributed by atoms with E-state index in [0.717, 1.165) is 16.9 Å². The van der Waals surface area contributed by atoms with Crippen LogP contribution >= 0.6 is 0 Å². The molecule has 0 saturated heterocycles. The maximum absolute atomic E-state index is 8.59. The van der Waals surface area contributed by atoms with Gasteiger partial charge in [-0.1, -0.05) is 30.3 Å². The maximum Gasteiger partial charge on any atom is 0.0681 e. The van der Waals surface area contributed by atoms with Crippen molar-refractivity contribution < 1.29 is 5.11 Å². The Bertz CT molecular complexity index is 398. The minimum atomic E-state index is 0.0836. The predicted molar refractivity (Wildman–Crippen MR) is 67.6 cm³/mol. The molecule has 0 spiro atoms. The Hall–Kier alpha value is -2.00. The summed E-state index contributed by atoms with van der Waals surface area (Å²) in [5.74, 6) is 0. The van der Waals surface area contributed by atoms with Crippen LogP contribution in [0.3, 0.4) is 0 Å². The van der Waals surface area contributed by atoms with E-state index in [-0.39, 0.29) is 6.61 Å². The van der Waals surface area contributed by atoms with Crippen molar-refractivity contribution in [1.29, 1.82) is 0 Å². The zero-order valence-corrected chi connectivity index (χ0v) is 9.01. The Balaban J connectivity index is 0.000000165.